The van der Waals surface area contributed by atoms with Crippen molar-refractivity contribution in [1.82, 2.24) is 5.32 Å². The molecule has 2 aliphatic rings. The fourth-order valence-corrected chi connectivity index (χ4v) is 5.66. The summed E-state index contributed by atoms with van der Waals surface area (Å²) in [4.78, 5) is 27.0. The highest BCUT2D eigenvalue weighted by atomic mass is 32.2. The van der Waals surface area contributed by atoms with E-state index in [9.17, 15) is 9.59 Å². The van der Waals surface area contributed by atoms with Crippen molar-refractivity contribution < 1.29 is 9.59 Å². The van der Waals surface area contributed by atoms with Crippen LogP contribution in [0.3, 0.4) is 0 Å². The zero-order valence-electron chi connectivity index (χ0n) is 16.1. The summed E-state index contributed by atoms with van der Waals surface area (Å²) in [5.41, 5.74) is 0.657. The third-order valence-corrected chi connectivity index (χ3v) is 7.19. The van der Waals surface area contributed by atoms with Gasteiger partial charge in [-0.1, -0.05) is 48.5 Å². The zero-order valence-corrected chi connectivity index (χ0v) is 16.9. The van der Waals surface area contributed by atoms with Crippen LogP contribution in [0.2, 0.25) is 0 Å². The summed E-state index contributed by atoms with van der Waals surface area (Å²) in [6.07, 6.45) is 5.08. The number of nitrogens with one attached hydrogen (secondary N) is 2. The van der Waals surface area contributed by atoms with Crippen LogP contribution in [-0.2, 0) is 9.59 Å². The minimum Gasteiger partial charge on any atom is -0.345 e. The SMILES string of the molecule is CC(NC(=O)C(=O)Nc1ccccc1Sc1ccccc1)C1CC2CCC1C2. The Morgan fingerprint density at radius 2 is 1.71 bits per heavy atom. The molecular weight excluding hydrogens is 368 g/mol. The molecule has 5 heteroatoms. The molecule has 4 rings (SSSR count). The average Bonchev–Trinajstić information content (AvgIpc) is 3.34. The van der Waals surface area contributed by atoms with Gasteiger partial charge in [-0.2, -0.15) is 0 Å². The maximum atomic E-state index is 12.5. The molecule has 4 unspecified atom stereocenters. The van der Waals surface area contributed by atoms with Crippen LogP contribution in [0.15, 0.2) is 64.4 Å². The second-order valence-electron chi connectivity index (χ2n) is 7.97. The van der Waals surface area contributed by atoms with Crippen LogP contribution in [0.25, 0.3) is 0 Å². The molecule has 2 N–H and O–H groups in total. The molecule has 0 heterocycles. The molecule has 0 radical (unpaired) electrons. The molecule has 0 aromatic heterocycles. The lowest BCUT2D eigenvalue weighted by atomic mass is 9.84. The molecule has 2 bridgehead atoms. The van der Waals surface area contributed by atoms with Crippen molar-refractivity contribution in [1.29, 1.82) is 0 Å². The van der Waals surface area contributed by atoms with Crippen molar-refractivity contribution in [3.63, 3.8) is 0 Å². The summed E-state index contributed by atoms with van der Waals surface area (Å²) in [5.74, 6) is 0.902. The highest BCUT2D eigenvalue weighted by Gasteiger charge is 2.42. The summed E-state index contributed by atoms with van der Waals surface area (Å²) in [6, 6.07) is 17.6. The molecule has 2 aliphatic carbocycles. The number of hydrogen-bond donors (Lipinski definition) is 2. The van der Waals surface area contributed by atoms with Crippen LogP contribution in [0.5, 0.6) is 0 Å². The first-order valence-electron chi connectivity index (χ1n) is 10.0. The summed E-state index contributed by atoms with van der Waals surface area (Å²) in [6.45, 7) is 2.04. The highest BCUT2D eigenvalue weighted by molar-refractivity contribution is 7.99. The number of para-hydroxylation sites is 1. The second-order valence-corrected chi connectivity index (χ2v) is 9.08. The normalized spacial score (nSPS) is 24.0. The third-order valence-electron chi connectivity index (χ3n) is 6.11. The van der Waals surface area contributed by atoms with E-state index in [-0.39, 0.29) is 6.04 Å². The van der Waals surface area contributed by atoms with Gasteiger partial charge in [0.15, 0.2) is 0 Å². The summed E-state index contributed by atoms with van der Waals surface area (Å²) < 4.78 is 0. The largest absolute Gasteiger partial charge is 0.345 e. The molecule has 2 fully saturated rings. The van der Waals surface area contributed by atoms with Crippen LogP contribution in [0.1, 0.15) is 32.6 Å². The van der Waals surface area contributed by atoms with Crippen LogP contribution in [0.4, 0.5) is 5.69 Å². The Labute approximate surface area is 170 Å². The van der Waals surface area contributed by atoms with Crippen molar-refractivity contribution in [3.05, 3.63) is 54.6 Å². The molecule has 2 aromatic carbocycles. The minimum atomic E-state index is -0.601. The monoisotopic (exact) mass is 394 g/mol. The molecule has 2 saturated carbocycles. The van der Waals surface area contributed by atoms with E-state index in [1.807, 2.05) is 61.5 Å². The van der Waals surface area contributed by atoms with E-state index >= 15 is 0 Å². The first-order chi connectivity index (χ1) is 13.6. The minimum absolute atomic E-state index is 0.0440. The topological polar surface area (TPSA) is 58.2 Å². The Balaban J connectivity index is 1.37. The fourth-order valence-electron chi connectivity index (χ4n) is 4.74. The maximum absolute atomic E-state index is 12.5. The van der Waals surface area contributed by atoms with Gasteiger partial charge in [0, 0.05) is 15.8 Å². The van der Waals surface area contributed by atoms with E-state index in [1.54, 1.807) is 11.8 Å². The van der Waals surface area contributed by atoms with Gasteiger partial charge in [-0.25, -0.2) is 0 Å². The molecule has 0 spiro atoms. The van der Waals surface area contributed by atoms with Crippen molar-refractivity contribution in [3.8, 4) is 0 Å². The summed E-state index contributed by atoms with van der Waals surface area (Å²) >= 11 is 1.56. The summed E-state index contributed by atoms with van der Waals surface area (Å²) in [7, 11) is 0. The first kappa shape index (κ1) is 19.1. The van der Waals surface area contributed by atoms with Crippen LogP contribution >= 0.6 is 11.8 Å². The fraction of sp³-hybridized carbons (Fsp3) is 0.391. The zero-order chi connectivity index (χ0) is 19.5. The van der Waals surface area contributed by atoms with Crippen LogP contribution in [0, 0.1) is 17.8 Å². The van der Waals surface area contributed by atoms with Crippen LogP contribution < -0.4 is 10.6 Å². The van der Waals surface area contributed by atoms with Gasteiger partial charge in [-0.05, 0) is 68.2 Å². The highest BCUT2D eigenvalue weighted by Crippen LogP contribution is 2.49. The van der Waals surface area contributed by atoms with Gasteiger partial charge >= 0.3 is 11.8 Å². The van der Waals surface area contributed by atoms with E-state index in [4.69, 9.17) is 0 Å². The first-order valence-corrected chi connectivity index (χ1v) is 10.9. The molecule has 0 saturated heterocycles. The molecule has 146 valence electrons. The Kier molecular flexibility index (Phi) is 5.72. The van der Waals surface area contributed by atoms with E-state index in [2.05, 4.69) is 10.6 Å². The van der Waals surface area contributed by atoms with Gasteiger partial charge < -0.3 is 10.6 Å². The van der Waals surface area contributed by atoms with Crippen molar-refractivity contribution in [2.75, 3.05) is 5.32 Å². The molecule has 0 aliphatic heterocycles. The number of rotatable bonds is 5. The quantitative estimate of drug-likeness (QED) is 0.722. The second kappa shape index (κ2) is 8.39. The average molecular weight is 395 g/mol. The number of fused-ring (bicyclic) bond motifs is 2. The lowest BCUT2D eigenvalue weighted by Crippen LogP contribution is -2.45. The van der Waals surface area contributed by atoms with E-state index in [1.165, 1.54) is 25.7 Å². The molecule has 4 atom stereocenters. The van der Waals surface area contributed by atoms with Gasteiger partial charge in [0.2, 0.25) is 0 Å². The lowest BCUT2D eigenvalue weighted by molar-refractivity contribution is -0.136. The van der Waals surface area contributed by atoms with Gasteiger partial charge in [-0.3, -0.25) is 9.59 Å². The Hall–Kier alpha value is -2.27. The van der Waals surface area contributed by atoms with E-state index in [0.29, 0.717) is 17.5 Å². The summed E-state index contributed by atoms with van der Waals surface area (Å²) in [5, 5.41) is 5.73. The maximum Gasteiger partial charge on any atom is 0.313 e. The standard InChI is InChI=1S/C23H26N2O2S/c1-15(19-14-16-11-12-17(19)13-16)24-22(26)23(27)25-20-9-5-6-10-21(20)28-18-7-3-2-4-8-18/h2-10,15-17,19H,11-14H2,1H3,(H,24,26)(H,25,27). The Bertz CT molecular complexity index is 855. The number of amides is 2. The molecule has 2 aromatic rings. The number of hydrogen-bond acceptors (Lipinski definition) is 3. The predicted octanol–water partition coefficient (Wildman–Crippen LogP) is 4.72. The van der Waals surface area contributed by atoms with Crippen molar-refractivity contribution >= 4 is 29.3 Å². The smallest absolute Gasteiger partial charge is 0.313 e. The number of anilines is 1. The van der Waals surface area contributed by atoms with Crippen LogP contribution in [-0.4, -0.2) is 17.9 Å². The Morgan fingerprint density at radius 3 is 2.43 bits per heavy atom. The van der Waals surface area contributed by atoms with Gasteiger partial charge in [0.05, 0.1) is 5.69 Å². The lowest BCUT2D eigenvalue weighted by Gasteiger charge is -2.28. The van der Waals surface area contributed by atoms with Crippen molar-refractivity contribution in [2.24, 2.45) is 17.8 Å². The Morgan fingerprint density at radius 1 is 0.964 bits per heavy atom. The molecule has 2 amide bonds. The number of benzene rings is 2. The van der Waals surface area contributed by atoms with Gasteiger partial charge in [0.25, 0.3) is 0 Å². The predicted molar refractivity (Wildman–Crippen MR) is 112 cm³/mol. The molecule has 4 nitrogen and oxygen atoms in total. The van der Waals surface area contributed by atoms with Gasteiger partial charge in [-0.15, -0.1) is 0 Å². The van der Waals surface area contributed by atoms with Crippen molar-refractivity contribution in [2.45, 2.75) is 48.4 Å². The number of carbonyl (C=O) groups excluding carboxylic acids is 2. The van der Waals surface area contributed by atoms with Gasteiger partial charge in [0.1, 0.15) is 0 Å². The van der Waals surface area contributed by atoms with E-state index in [0.717, 1.165) is 15.7 Å². The molecular formula is C23H26N2O2S. The number of carbonyl (C=O) groups is 2. The van der Waals surface area contributed by atoms with E-state index < -0.39 is 11.8 Å². The third kappa shape index (κ3) is 4.25. The molecule has 28 heavy (non-hydrogen) atoms.